The summed E-state index contributed by atoms with van der Waals surface area (Å²) in [5.74, 6) is 0.415. The zero-order valence-corrected chi connectivity index (χ0v) is 12.5. The van der Waals surface area contributed by atoms with Crippen molar-refractivity contribution in [3.05, 3.63) is 59.8 Å². The zero-order chi connectivity index (χ0) is 16.1. The maximum absolute atomic E-state index is 12.0. The van der Waals surface area contributed by atoms with Gasteiger partial charge in [0.2, 0.25) is 5.88 Å². The molecule has 2 aromatic rings. The average molecular weight is 308 g/mol. The number of carbonyl (C=O) groups is 1. The molecule has 2 amide bonds. The molecule has 1 aromatic heterocycles. The van der Waals surface area contributed by atoms with Crippen molar-refractivity contribution in [2.24, 2.45) is 0 Å². The number of hydrogen-bond donors (Lipinski definition) is 1. The van der Waals surface area contributed by atoms with E-state index < -0.39 is 0 Å². The number of rotatable bonds is 4. The number of nitriles is 1. The number of likely N-dealkylation sites (tertiary alicyclic amines) is 1. The topological polar surface area (TPSA) is 78.2 Å². The standard InChI is InChI=1S/C17H16N4O2/c18-9-14-6-7-19-16(8-14)23-15-11-21(12-15)17(22)20-10-13-4-2-1-3-5-13/h1-8,15H,10-12H2,(H,20,22). The fourth-order valence-corrected chi connectivity index (χ4v) is 2.28. The first-order chi connectivity index (χ1) is 11.2. The normalized spacial score (nSPS) is 13.8. The first-order valence-corrected chi connectivity index (χ1v) is 7.34. The molecular weight excluding hydrogens is 292 g/mol. The van der Waals surface area contributed by atoms with E-state index in [9.17, 15) is 4.79 Å². The highest BCUT2D eigenvalue weighted by atomic mass is 16.5. The summed E-state index contributed by atoms with van der Waals surface area (Å²) in [5.41, 5.74) is 1.57. The first-order valence-electron chi connectivity index (χ1n) is 7.34. The number of nitrogens with one attached hydrogen (secondary N) is 1. The van der Waals surface area contributed by atoms with E-state index in [1.165, 1.54) is 6.20 Å². The van der Waals surface area contributed by atoms with Crippen LogP contribution in [0.4, 0.5) is 4.79 Å². The molecule has 0 radical (unpaired) electrons. The number of pyridine rings is 1. The van der Waals surface area contributed by atoms with Crippen LogP contribution in [0.1, 0.15) is 11.1 Å². The van der Waals surface area contributed by atoms with Gasteiger partial charge in [0, 0.05) is 18.8 Å². The summed E-state index contributed by atoms with van der Waals surface area (Å²) in [7, 11) is 0. The number of hydrogen-bond acceptors (Lipinski definition) is 4. The Kier molecular flexibility index (Phi) is 4.39. The Balaban J connectivity index is 1.43. The van der Waals surface area contributed by atoms with Gasteiger partial charge in [0.05, 0.1) is 24.7 Å². The number of benzene rings is 1. The molecule has 0 aliphatic carbocycles. The maximum atomic E-state index is 12.0. The Labute approximate surface area is 134 Å². The van der Waals surface area contributed by atoms with Crippen LogP contribution in [-0.2, 0) is 6.54 Å². The molecule has 0 unspecified atom stereocenters. The summed E-state index contributed by atoms with van der Waals surface area (Å²) in [4.78, 5) is 17.7. The molecular formula is C17H16N4O2. The lowest BCUT2D eigenvalue weighted by Gasteiger charge is -2.38. The van der Waals surface area contributed by atoms with Crippen LogP contribution in [0, 0.1) is 11.3 Å². The van der Waals surface area contributed by atoms with Crippen LogP contribution < -0.4 is 10.1 Å². The second-order valence-electron chi connectivity index (χ2n) is 5.28. The van der Waals surface area contributed by atoms with Crippen molar-refractivity contribution in [1.29, 1.82) is 5.26 Å². The van der Waals surface area contributed by atoms with Crippen molar-refractivity contribution in [3.8, 4) is 11.9 Å². The molecule has 2 heterocycles. The second-order valence-corrected chi connectivity index (χ2v) is 5.28. The van der Waals surface area contributed by atoms with E-state index >= 15 is 0 Å². The summed E-state index contributed by atoms with van der Waals surface area (Å²) in [6.07, 6.45) is 1.45. The minimum atomic E-state index is -0.104. The number of ether oxygens (including phenoxy) is 1. The van der Waals surface area contributed by atoms with Crippen LogP contribution in [0.25, 0.3) is 0 Å². The lowest BCUT2D eigenvalue weighted by atomic mass is 10.2. The van der Waals surface area contributed by atoms with Crippen LogP contribution in [0.5, 0.6) is 5.88 Å². The van der Waals surface area contributed by atoms with Crippen LogP contribution in [0.15, 0.2) is 48.7 Å². The molecule has 1 aliphatic heterocycles. The number of nitrogens with zero attached hydrogens (tertiary/aromatic N) is 3. The molecule has 6 heteroatoms. The summed E-state index contributed by atoms with van der Waals surface area (Å²) in [5, 5.41) is 11.7. The minimum absolute atomic E-state index is 0.0843. The molecule has 0 bridgehead atoms. The molecule has 1 aliphatic rings. The summed E-state index contributed by atoms with van der Waals surface area (Å²) < 4.78 is 5.65. The number of urea groups is 1. The molecule has 1 saturated heterocycles. The highest BCUT2D eigenvalue weighted by Gasteiger charge is 2.32. The monoisotopic (exact) mass is 308 g/mol. The number of carbonyl (C=O) groups excluding carboxylic acids is 1. The number of aromatic nitrogens is 1. The lowest BCUT2D eigenvalue weighted by molar-refractivity contribution is 0.0413. The molecule has 1 N–H and O–H groups in total. The second kappa shape index (κ2) is 6.79. The van der Waals surface area contributed by atoms with Crippen molar-refractivity contribution in [2.75, 3.05) is 13.1 Å². The van der Waals surface area contributed by atoms with Crippen LogP contribution in [0.2, 0.25) is 0 Å². The van der Waals surface area contributed by atoms with Gasteiger partial charge >= 0.3 is 6.03 Å². The van der Waals surface area contributed by atoms with E-state index in [4.69, 9.17) is 10.00 Å². The highest BCUT2D eigenvalue weighted by molar-refractivity contribution is 5.75. The van der Waals surface area contributed by atoms with Gasteiger partial charge in [-0.1, -0.05) is 30.3 Å². The van der Waals surface area contributed by atoms with Crippen molar-refractivity contribution in [3.63, 3.8) is 0 Å². The van der Waals surface area contributed by atoms with E-state index in [1.807, 2.05) is 36.4 Å². The van der Waals surface area contributed by atoms with Crippen LogP contribution >= 0.6 is 0 Å². The van der Waals surface area contributed by atoms with Gasteiger partial charge in [-0.25, -0.2) is 9.78 Å². The van der Waals surface area contributed by atoms with Crippen molar-refractivity contribution < 1.29 is 9.53 Å². The molecule has 1 aromatic carbocycles. The van der Waals surface area contributed by atoms with Gasteiger partial charge in [-0.3, -0.25) is 0 Å². The highest BCUT2D eigenvalue weighted by Crippen LogP contribution is 2.17. The van der Waals surface area contributed by atoms with E-state index in [-0.39, 0.29) is 12.1 Å². The third kappa shape index (κ3) is 3.77. The Morgan fingerprint density at radius 3 is 2.87 bits per heavy atom. The Hall–Kier alpha value is -3.07. The summed E-state index contributed by atoms with van der Waals surface area (Å²) in [6.45, 7) is 1.53. The fourth-order valence-electron chi connectivity index (χ4n) is 2.28. The molecule has 0 saturated carbocycles. The minimum Gasteiger partial charge on any atom is -0.471 e. The molecule has 23 heavy (non-hydrogen) atoms. The van der Waals surface area contributed by atoms with Gasteiger partial charge in [0.1, 0.15) is 6.10 Å². The van der Waals surface area contributed by atoms with E-state index in [0.717, 1.165) is 5.56 Å². The van der Waals surface area contributed by atoms with Crippen molar-refractivity contribution >= 4 is 6.03 Å². The van der Waals surface area contributed by atoms with E-state index in [2.05, 4.69) is 10.3 Å². The molecule has 0 spiro atoms. The van der Waals surface area contributed by atoms with Gasteiger partial charge in [-0.15, -0.1) is 0 Å². The maximum Gasteiger partial charge on any atom is 0.317 e. The van der Waals surface area contributed by atoms with Crippen LogP contribution in [0.3, 0.4) is 0 Å². The van der Waals surface area contributed by atoms with Crippen molar-refractivity contribution in [2.45, 2.75) is 12.6 Å². The summed E-state index contributed by atoms with van der Waals surface area (Å²) >= 11 is 0. The smallest absolute Gasteiger partial charge is 0.317 e. The Bertz CT molecular complexity index is 721. The largest absolute Gasteiger partial charge is 0.471 e. The molecule has 6 nitrogen and oxygen atoms in total. The third-order valence-electron chi connectivity index (χ3n) is 3.57. The van der Waals surface area contributed by atoms with Gasteiger partial charge in [0.25, 0.3) is 0 Å². The first kappa shape index (κ1) is 14.9. The average Bonchev–Trinajstić information content (AvgIpc) is 2.56. The van der Waals surface area contributed by atoms with Crippen LogP contribution in [-0.4, -0.2) is 35.1 Å². The van der Waals surface area contributed by atoms with E-state index in [1.54, 1.807) is 17.0 Å². The van der Waals surface area contributed by atoms with Gasteiger partial charge in [-0.05, 0) is 11.6 Å². The predicted octanol–water partition coefficient (Wildman–Crippen LogP) is 1.93. The fraction of sp³-hybridized carbons (Fsp3) is 0.235. The SMILES string of the molecule is N#Cc1ccnc(OC2CN(C(=O)NCc3ccccc3)C2)c1. The molecule has 0 atom stereocenters. The quantitative estimate of drug-likeness (QED) is 0.936. The van der Waals surface area contributed by atoms with Crippen molar-refractivity contribution in [1.82, 2.24) is 15.2 Å². The third-order valence-corrected chi connectivity index (χ3v) is 3.57. The summed E-state index contributed by atoms with van der Waals surface area (Å²) in [6, 6.07) is 14.9. The van der Waals surface area contributed by atoms with Gasteiger partial charge < -0.3 is 15.0 Å². The van der Waals surface area contributed by atoms with Gasteiger partial charge in [-0.2, -0.15) is 5.26 Å². The molecule has 1 fully saturated rings. The van der Waals surface area contributed by atoms with Gasteiger partial charge in [0.15, 0.2) is 0 Å². The molecule has 116 valence electrons. The van der Waals surface area contributed by atoms with E-state index in [0.29, 0.717) is 31.1 Å². The molecule has 3 rings (SSSR count). The Morgan fingerprint density at radius 1 is 1.35 bits per heavy atom. The number of amides is 2. The lowest BCUT2D eigenvalue weighted by Crippen LogP contribution is -2.58. The zero-order valence-electron chi connectivity index (χ0n) is 12.5. The Morgan fingerprint density at radius 2 is 2.13 bits per heavy atom. The predicted molar refractivity (Wildman–Crippen MR) is 83.6 cm³/mol.